The van der Waals surface area contributed by atoms with Crippen molar-refractivity contribution in [2.75, 3.05) is 32.7 Å². The molecular formula is C18H20ClN3O3. The molecule has 1 aliphatic heterocycles. The molecule has 6 nitrogen and oxygen atoms in total. The smallest absolute Gasteiger partial charge is 0.289 e. The molecular weight excluding hydrogens is 342 g/mol. The molecule has 2 amide bonds. The Labute approximate surface area is 151 Å². The summed E-state index contributed by atoms with van der Waals surface area (Å²) in [6.07, 6.45) is 1.49. The molecule has 0 saturated carbocycles. The summed E-state index contributed by atoms with van der Waals surface area (Å²) in [7, 11) is 0. The number of piperazine rings is 1. The number of nitrogens with zero attached hydrogens (tertiary/aromatic N) is 2. The maximum Gasteiger partial charge on any atom is 0.289 e. The van der Waals surface area contributed by atoms with Crippen molar-refractivity contribution in [3.63, 3.8) is 0 Å². The van der Waals surface area contributed by atoms with E-state index in [9.17, 15) is 9.59 Å². The molecule has 0 atom stereocenters. The fraction of sp³-hybridized carbons (Fsp3) is 0.333. The lowest BCUT2D eigenvalue weighted by Gasteiger charge is -2.33. The molecule has 1 aliphatic rings. The molecule has 1 N–H and O–H groups in total. The van der Waals surface area contributed by atoms with Gasteiger partial charge in [0, 0.05) is 37.7 Å². The number of nitrogens with one attached hydrogen (secondary N) is 1. The van der Waals surface area contributed by atoms with Crippen LogP contribution in [-0.2, 0) is 11.3 Å². The summed E-state index contributed by atoms with van der Waals surface area (Å²) in [4.78, 5) is 28.1. The first-order valence-corrected chi connectivity index (χ1v) is 8.56. The zero-order valence-electron chi connectivity index (χ0n) is 13.8. The second-order valence-electron chi connectivity index (χ2n) is 5.95. The number of carbonyl (C=O) groups is 2. The first-order valence-electron chi connectivity index (χ1n) is 8.18. The van der Waals surface area contributed by atoms with Crippen LogP contribution in [0.2, 0.25) is 5.02 Å². The summed E-state index contributed by atoms with van der Waals surface area (Å²) in [5, 5.41) is 3.55. The third-order valence-electron chi connectivity index (χ3n) is 4.14. The van der Waals surface area contributed by atoms with Crippen LogP contribution < -0.4 is 5.32 Å². The van der Waals surface area contributed by atoms with Crippen LogP contribution in [0.1, 0.15) is 16.1 Å². The monoisotopic (exact) mass is 361 g/mol. The number of hydrogen-bond acceptors (Lipinski definition) is 4. The summed E-state index contributed by atoms with van der Waals surface area (Å²) in [6, 6.07) is 10.8. The third kappa shape index (κ3) is 4.84. The van der Waals surface area contributed by atoms with Crippen LogP contribution >= 0.6 is 11.6 Å². The van der Waals surface area contributed by atoms with Crippen LogP contribution in [0.15, 0.2) is 47.1 Å². The molecule has 132 valence electrons. The van der Waals surface area contributed by atoms with Gasteiger partial charge in [0.2, 0.25) is 5.91 Å². The molecule has 2 aromatic rings. The minimum atomic E-state index is -0.102. The molecule has 1 aromatic heterocycles. The van der Waals surface area contributed by atoms with Gasteiger partial charge < -0.3 is 14.6 Å². The van der Waals surface area contributed by atoms with Crippen LogP contribution in [0.4, 0.5) is 0 Å². The maximum atomic E-state index is 12.2. The molecule has 0 spiro atoms. The van der Waals surface area contributed by atoms with Crippen LogP contribution in [0.5, 0.6) is 0 Å². The minimum Gasteiger partial charge on any atom is -0.459 e. The Morgan fingerprint density at radius 3 is 2.60 bits per heavy atom. The molecule has 0 unspecified atom stereocenters. The van der Waals surface area contributed by atoms with Gasteiger partial charge in [-0.3, -0.25) is 14.5 Å². The SMILES string of the molecule is O=C(CN1CCN(C(=O)c2ccco2)CC1)NCc1cccc(Cl)c1. The molecule has 2 heterocycles. The van der Waals surface area contributed by atoms with Crippen LogP contribution in [0.3, 0.4) is 0 Å². The van der Waals surface area contributed by atoms with Crippen molar-refractivity contribution in [2.24, 2.45) is 0 Å². The molecule has 1 saturated heterocycles. The number of rotatable bonds is 5. The van der Waals surface area contributed by atoms with E-state index in [1.165, 1.54) is 6.26 Å². The number of furan rings is 1. The third-order valence-corrected chi connectivity index (χ3v) is 4.37. The first-order chi connectivity index (χ1) is 12.1. The summed E-state index contributed by atoms with van der Waals surface area (Å²) in [6.45, 7) is 3.27. The fourth-order valence-electron chi connectivity index (χ4n) is 2.77. The van der Waals surface area contributed by atoms with Gasteiger partial charge in [-0.15, -0.1) is 0 Å². The van der Waals surface area contributed by atoms with Gasteiger partial charge in [0.15, 0.2) is 5.76 Å². The van der Waals surface area contributed by atoms with Crippen LogP contribution in [0, 0.1) is 0 Å². The van der Waals surface area contributed by atoms with Crippen LogP contribution in [-0.4, -0.2) is 54.3 Å². The Morgan fingerprint density at radius 2 is 1.92 bits per heavy atom. The number of halogens is 1. The van der Waals surface area contributed by atoms with Gasteiger partial charge in [-0.1, -0.05) is 23.7 Å². The lowest BCUT2D eigenvalue weighted by atomic mass is 10.2. The van der Waals surface area contributed by atoms with Crippen molar-refractivity contribution >= 4 is 23.4 Å². The Balaban J connectivity index is 1.41. The highest BCUT2D eigenvalue weighted by Gasteiger charge is 2.24. The average Bonchev–Trinajstić information content (AvgIpc) is 3.15. The van der Waals surface area contributed by atoms with Gasteiger partial charge in [-0.05, 0) is 29.8 Å². The van der Waals surface area contributed by atoms with Crippen LogP contribution in [0.25, 0.3) is 0 Å². The van der Waals surface area contributed by atoms with Crippen molar-refractivity contribution < 1.29 is 14.0 Å². The number of hydrogen-bond donors (Lipinski definition) is 1. The van der Waals surface area contributed by atoms with E-state index in [4.69, 9.17) is 16.0 Å². The quantitative estimate of drug-likeness (QED) is 0.884. The van der Waals surface area contributed by atoms with Gasteiger partial charge in [-0.2, -0.15) is 0 Å². The van der Waals surface area contributed by atoms with Crippen molar-refractivity contribution in [3.05, 3.63) is 59.0 Å². The minimum absolute atomic E-state index is 0.0363. The van der Waals surface area contributed by atoms with Gasteiger partial charge in [-0.25, -0.2) is 0 Å². The normalized spacial score (nSPS) is 15.2. The van der Waals surface area contributed by atoms with Crippen molar-refractivity contribution in [3.8, 4) is 0 Å². The number of benzene rings is 1. The predicted molar refractivity (Wildman–Crippen MR) is 94.4 cm³/mol. The van der Waals surface area contributed by atoms with Gasteiger partial charge >= 0.3 is 0 Å². The summed E-state index contributed by atoms with van der Waals surface area (Å²) < 4.78 is 5.14. The number of carbonyl (C=O) groups excluding carboxylic acids is 2. The molecule has 0 bridgehead atoms. The van der Waals surface area contributed by atoms with Crippen molar-refractivity contribution in [2.45, 2.75) is 6.54 Å². The zero-order valence-corrected chi connectivity index (χ0v) is 14.5. The highest BCUT2D eigenvalue weighted by Crippen LogP contribution is 2.11. The van der Waals surface area contributed by atoms with Gasteiger partial charge in [0.25, 0.3) is 5.91 Å². The second-order valence-corrected chi connectivity index (χ2v) is 6.39. The van der Waals surface area contributed by atoms with Gasteiger partial charge in [0.05, 0.1) is 12.8 Å². The summed E-state index contributed by atoms with van der Waals surface area (Å²) >= 11 is 5.93. The van der Waals surface area contributed by atoms with Crippen molar-refractivity contribution in [1.82, 2.24) is 15.1 Å². The van der Waals surface area contributed by atoms with Gasteiger partial charge in [0.1, 0.15) is 0 Å². The summed E-state index contributed by atoms with van der Waals surface area (Å²) in [5.74, 6) is 0.216. The molecule has 0 aliphatic carbocycles. The average molecular weight is 362 g/mol. The largest absolute Gasteiger partial charge is 0.459 e. The predicted octanol–water partition coefficient (Wildman–Crippen LogP) is 2.01. The molecule has 1 fully saturated rings. The number of amides is 2. The zero-order chi connectivity index (χ0) is 17.6. The Morgan fingerprint density at radius 1 is 1.12 bits per heavy atom. The molecule has 0 radical (unpaired) electrons. The molecule has 1 aromatic carbocycles. The molecule has 3 rings (SSSR count). The maximum absolute atomic E-state index is 12.2. The lowest BCUT2D eigenvalue weighted by Crippen LogP contribution is -2.51. The lowest BCUT2D eigenvalue weighted by molar-refractivity contribution is -0.122. The highest BCUT2D eigenvalue weighted by molar-refractivity contribution is 6.30. The van der Waals surface area contributed by atoms with E-state index in [1.54, 1.807) is 23.1 Å². The van der Waals surface area contributed by atoms with E-state index in [-0.39, 0.29) is 11.8 Å². The van der Waals surface area contributed by atoms with E-state index in [0.29, 0.717) is 50.1 Å². The Bertz CT molecular complexity index is 725. The summed E-state index contributed by atoms with van der Waals surface area (Å²) in [5.41, 5.74) is 0.967. The Kier molecular flexibility index (Phi) is 5.73. The van der Waals surface area contributed by atoms with E-state index < -0.39 is 0 Å². The van der Waals surface area contributed by atoms with Crippen molar-refractivity contribution in [1.29, 1.82) is 0 Å². The fourth-order valence-corrected chi connectivity index (χ4v) is 2.98. The topological polar surface area (TPSA) is 65.8 Å². The van der Waals surface area contributed by atoms with E-state index in [0.717, 1.165) is 5.56 Å². The molecule has 25 heavy (non-hydrogen) atoms. The first kappa shape index (κ1) is 17.5. The van der Waals surface area contributed by atoms with E-state index in [2.05, 4.69) is 5.32 Å². The standard InChI is InChI=1S/C18H20ClN3O3/c19-15-4-1-3-14(11-15)12-20-17(23)13-21-6-8-22(9-7-21)18(24)16-5-2-10-25-16/h1-5,10-11H,6-9,12-13H2,(H,20,23). The van der Waals surface area contributed by atoms with E-state index >= 15 is 0 Å². The second kappa shape index (κ2) is 8.18. The van der Waals surface area contributed by atoms with E-state index in [1.807, 2.05) is 23.1 Å². The highest BCUT2D eigenvalue weighted by atomic mass is 35.5. The molecule has 7 heteroatoms. The Hall–Kier alpha value is -2.31.